The van der Waals surface area contributed by atoms with Crippen LogP contribution in [0.2, 0.25) is 0 Å². The summed E-state index contributed by atoms with van der Waals surface area (Å²) in [6.07, 6.45) is 0. The Labute approximate surface area is 90.1 Å². The number of nitrogens with zero attached hydrogens (tertiary/aromatic N) is 2. The molecule has 15 heavy (non-hydrogen) atoms. The van der Waals surface area contributed by atoms with E-state index in [0.717, 1.165) is 15.8 Å². The summed E-state index contributed by atoms with van der Waals surface area (Å²) in [4.78, 5) is 8.09. The van der Waals surface area contributed by atoms with E-state index < -0.39 is 0 Å². The minimum atomic E-state index is -0.00330. The van der Waals surface area contributed by atoms with Crippen LogP contribution < -0.4 is 11.5 Å². The standard InChI is InChI=1S/C9H10N4OS/c10-8(11)13-9-12-6-3-5(4-14)1-2-7(6)15-9/h1-3,14H,4H2,(H4,10,11,12,13). The maximum atomic E-state index is 8.96. The second-order valence-corrected chi connectivity index (χ2v) is 4.00. The van der Waals surface area contributed by atoms with E-state index in [4.69, 9.17) is 16.6 Å². The van der Waals surface area contributed by atoms with Gasteiger partial charge in [0.05, 0.1) is 16.8 Å². The zero-order valence-corrected chi connectivity index (χ0v) is 8.66. The van der Waals surface area contributed by atoms with Crippen molar-refractivity contribution in [2.45, 2.75) is 6.61 Å². The van der Waals surface area contributed by atoms with Crippen molar-refractivity contribution in [3.63, 3.8) is 0 Å². The van der Waals surface area contributed by atoms with Gasteiger partial charge in [-0.25, -0.2) is 4.98 Å². The second kappa shape index (κ2) is 3.84. The SMILES string of the molecule is NC(N)=Nc1nc2cc(CO)ccc2s1. The maximum absolute atomic E-state index is 8.96. The van der Waals surface area contributed by atoms with E-state index in [1.165, 1.54) is 11.3 Å². The minimum Gasteiger partial charge on any atom is -0.392 e. The number of hydrogen-bond donors (Lipinski definition) is 3. The molecule has 2 aromatic rings. The third-order valence-electron chi connectivity index (χ3n) is 1.85. The van der Waals surface area contributed by atoms with E-state index in [9.17, 15) is 0 Å². The summed E-state index contributed by atoms with van der Waals surface area (Å²) in [5, 5.41) is 9.49. The number of hydrogen-bond acceptors (Lipinski definition) is 4. The highest BCUT2D eigenvalue weighted by molar-refractivity contribution is 7.22. The molecule has 1 aromatic heterocycles. The Hall–Kier alpha value is -1.66. The Kier molecular flexibility index (Phi) is 2.53. The van der Waals surface area contributed by atoms with Gasteiger partial charge in [0.15, 0.2) is 5.96 Å². The van der Waals surface area contributed by atoms with Gasteiger partial charge in [0.1, 0.15) is 0 Å². The molecule has 2 rings (SSSR count). The van der Waals surface area contributed by atoms with Crippen LogP contribution in [0.15, 0.2) is 23.2 Å². The van der Waals surface area contributed by atoms with Crippen molar-refractivity contribution in [1.82, 2.24) is 4.98 Å². The molecule has 5 nitrogen and oxygen atoms in total. The highest BCUT2D eigenvalue weighted by Crippen LogP contribution is 2.28. The van der Waals surface area contributed by atoms with Gasteiger partial charge in [0.25, 0.3) is 0 Å². The topological polar surface area (TPSA) is 97.5 Å². The molecule has 5 N–H and O–H groups in total. The summed E-state index contributed by atoms with van der Waals surface area (Å²) in [5.74, 6) is -0.00330. The molecule has 0 fully saturated rings. The number of nitrogens with two attached hydrogens (primary N) is 2. The molecule has 0 radical (unpaired) electrons. The highest BCUT2D eigenvalue weighted by Gasteiger charge is 2.03. The Balaban J connectivity index is 2.51. The van der Waals surface area contributed by atoms with E-state index in [1.807, 2.05) is 18.2 Å². The van der Waals surface area contributed by atoms with Gasteiger partial charge in [-0.3, -0.25) is 0 Å². The van der Waals surface area contributed by atoms with E-state index in [0.29, 0.717) is 5.13 Å². The fourth-order valence-electron chi connectivity index (χ4n) is 1.22. The molecule has 0 aliphatic carbocycles. The molecule has 0 saturated heterocycles. The van der Waals surface area contributed by atoms with Gasteiger partial charge in [-0.15, -0.1) is 0 Å². The fraction of sp³-hybridized carbons (Fsp3) is 0.111. The van der Waals surface area contributed by atoms with Crippen molar-refractivity contribution in [3.05, 3.63) is 23.8 Å². The summed E-state index contributed by atoms with van der Waals surface area (Å²) < 4.78 is 0.993. The number of thiazole rings is 1. The molecule has 0 unspecified atom stereocenters. The summed E-state index contributed by atoms with van der Waals surface area (Å²) in [6, 6.07) is 5.56. The van der Waals surface area contributed by atoms with Gasteiger partial charge in [0.2, 0.25) is 5.13 Å². The number of aliphatic hydroxyl groups is 1. The average Bonchev–Trinajstić information content (AvgIpc) is 2.57. The summed E-state index contributed by atoms with van der Waals surface area (Å²) in [6.45, 7) is 0.00506. The predicted molar refractivity (Wildman–Crippen MR) is 61.0 cm³/mol. The number of benzene rings is 1. The molecule has 6 heteroatoms. The summed E-state index contributed by atoms with van der Waals surface area (Å²) in [7, 11) is 0. The smallest absolute Gasteiger partial charge is 0.213 e. The van der Waals surface area contributed by atoms with Crippen LogP contribution in [0.1, 0.15) is 5.56 Å². The van der Waals surface area contributed by atoms with Crippen LogP contribution in [0.4, 0.5) is 5.13 Å². The normalized spacial score (nSPS) is 10.5. The van der Waals surface area contributed by atoms with Gasteiger partial charge in [0, 0.05) is 0 Å². The van der Waals surface area contributed by atoms with E-state index in [2.05, 4.69) is 9.98 Å². The molecular formula is C9H10N4OS. The molecule has 0 saturated carbocycles. The van der Waals surface area contributed by atoms with Crippen molar-refractivity contribution in [3.8, 4) is 0 Å². The van der Waals surface area contributed by atoms with Crippen LogP contribution in [-0.4, -0.2) is 16.1 Å². The van der Waals surface area contributed by atoms with Crippen LogP contribution in [-0.2, 0) is 6.61 Å². The molecule has 0 bridgehead atoms. The Bertz CT molecular complexity index is 516. The molecule has 78 valence electrons. The third kappa shape index (κ3) is 2.05. The van der Waals surface area contributed by atoms with Gasteiger partial charge in [-0.05, 0) is 17.7 Å². The van der Waals surface area contributed by atoms with Crippen molar-refractivity contribution in [1.29, 1.82) is 0 Å². The average molecular weight is 222 g/mol. The molecule has 0 atom stereocenters. The summed E-state index contributed by atoms with van der Waals surface area (Å²) >= 11 is 1.40. The molecule has 0 amide bonds. The lowest BCUT2D eigenvalue weighted by Crippen LogP contribution is -2.21. The number of guanidine groups is 1. The van der Waals surface area contributed by atoms with Crippen LogP contribution in [0.25, 0.3) is 10.2 Å². The third-order valence-corrected chi connectivity index (χ3v) is 2.78. The Morgan fingerprint density at radius 1 is 1.47 bits per heavy atom. The molecule has 0 aliphatic rings. The first kappa shape index (κ1) is 9.88. The second-order valence-electron chi connectivity index (χ2n) is 2.99. The first-order valence-corrected chi connectivity index (χ1v) is 5.10. The number of aliphatic imine (C=N–C) groups is 1. The number of aromatic nitrogens is 1. The van der Waals surface area contributed by atoms with Gasteiger partial charge < -0.3 is 16.6 Å². The number of aliphatic hydroxyl groups excluding tert-OH is 1. The quantitative estimate of drug-likeness (QED) is 0.514. The Morgan fingerprint density at radius 2 is 2.27 bits per heavy atom. The van der Waals surface area contributed by atoms with Crippen molar-refractivity contribution in [2.24, 2.45) is 16.5 Å². The van der Waals surface area contributed by atoms with E-state index in [1.54, 1.807) is 0 Å². The van der Waals surface area contributed by atoms with E-state index >= 15 is 0 Å². The lowest BCUT2D eigenvalue weighted by Gasteiger charge is -1.92. The van der Waals surface area contributed by atoms with E-state index in [-0.39, 0.29) is 12.6 Å². The first-order chi connectivity index (χ1) is 7.19. The molecular weight excluding hydrogens is 212 g/mol. The zero-order chi connectivity index (χ0) is 10.8. The van der Waals surface area contributed by atoms with Crippen LogP contribution in [0.5, 0.6) is 0 Å². The number of fused-ring (bicyclic) bond motifs is 1. The monoisotopic (exact) mass is 222 g/mol. The van der Waals surface area contributed by atoms with Crippen molar-refractivity contribution >= 4 is 32.6 Å². The van der Waals surface area contributed by atoms with Crippen LogP contribution in [0, 0.1) is 0 Å². The summed E-state index contributed by atoms with van der Waals surface area (Å²) in [5.41, 5.74) is 12.1. The minimum absolute atomic E-state index is 0.00330. The fourth-order valence-corrected chi connectivity index (χ4v) is 2.05. The first-order valence-electron chi connectivity index (χ1n) is 4.29. The van der Waals surface area contributed by atoms with Crippen LogP contribution in [0.3, 0.4) is 0 Å². The lowest BCUT2D eigenvalue weighted by atomic mass is 10.2. The molecule has 0 spiro atoms. The van der Waals surface area contributed by atoms with Gasteiger partial charge in [-0.2, -0.15) is 4.99 Å². The molecule has 0 aliphatic heterocycles. The van der Waals surface area contributed by atoms with Crippen LogP contribution >= 0.6 is 11.3 Å². The molecule has 1 heterocycles. The zero-order valence-electron chi connectivity index (χ0n) is 7.84. The number of rotatable bonds is 2. The lowest BCUT2D eigenvalue weighted by molar-refractivity contribution is 0.282. The Morgan fingerprint density at radius 3 is 2.93 bits per heavy atom. The maximum Gasteiger partial charge on any atom is 0.213 e. The highest BCUT2D eigenvalue weighted by atomic mass is 32.1. The predicted octanol–water partition coefficient (Wildman–Crippen LogP) is 0.694. The van der Waals surface area contributed by atoms with Crippen molar-refractivity contribution in [2.75, 3.05) is 0 Å². The van der Waals surface area contributed by atoms with Gasteiger partial charge in [-0.1, -0.05) is 17.4 Å². The molecule has 1 aromatic carbocycles. The van der Waals surface area contributed by atoms with Gasteiger partial charge >= 0.3 is 0 Å². The largest absolute Gasteiger partial charge is 0.392 e. The van der Waals surface area contributed by atoms with Crippen molar-refractivity contribution < 1.29 is 5.11 Å².